The zero-order valence-corrected chi connectivity index (χ0v) is 13.6. The van der Waals surface area contributed by atoms with Crippen molar-refractivity contribution in [3.8, 4) is 5.75 Å². The number of methoxy groups -OCH3 is 1. The molecule has 0 aliphatic carbocycles. The van der Waals surface area contributed by atoms with Crippen molar-refractivity contribution in [2.45, 2.75) is 37.2 Å². The molecule has 1 aliphatic heterocycles. The van der Waals surface area contributed by atoms with E-state index in [4.69, 9.17) is 16.3 Å². The summed E-state index contributed by atoms with van der Waals surface area (Å²) in [5.74, 6) is 0.172. The van der Waals surface area contributed by atoms with Gasteiger partial charge < -0.3 is 9.84 Å². The molecule has 0 atom stereocenters. The lowest BCUT2D eigenvalue weighted by atomic mass is 10.2. The normalized spacial score (nSPS) is 17.5. The van der Waals surface area contributed by atoms with Gasteiger partial charge in [0.1, 0.15) is 10.6 Å². The van der Waals surface area contributed by atoms with E-state index in [2.05, 4.69) is 0 Å². The Labute approximate surface area is 130 Å². The van der Waals surface area contributed by atoms with E-state index in [1.807, 2.05) is 0 Å². The predicted octanol–water partition coefficient (Wildman–Crippen LogP) is 2.41. The Kier molecular flexibility index (Phi) is 5.48. The summed E-state index contributed by atoms with van der Waals surface area (Å²) in [5, 5.41) is 9.64. The molecule has 5 nitrogen and oxygen atoms in total. The summed E-state index contributed by atoms with van der Waals surface area (Å²) >= 11 is 5.99. The van der Waals surface area contributed by atoms with E-state index in [0.29, 0.717) is 18.7 Å². The highest BCUT2D eigenvalue weighted by Crippen LogP contribution is 2.34. The molecule has 0 bridgehead atoms. The molecule has 1 fully saturated rings. The van der Waals surface area contributed by atoms with Gasteiger partial charge in [-0.05, 0) is 25.0 Å². The number of aliphatic hydroxyl groups is 1. The highest BCUT2D eigenvalue weighted by atomic mass is 35.5. The van der Waals surface area contributed by atoms with Crippen molar-refractivity contribution < 1.29 is 18.3 Å². The molecule has 1 heterocycles. The number of rotatable bonds is 4. The first-order valence-electron chi connectivity index (χ1n) is 6.98. The average Bonchev–Trinajstić information content (AvgIpc) is 2.75. The van der Waals surface area contributed by atoms with Crippen LogP contribution < -0.4 is 4.74 Å². The molecule has 0 radical (unpaired) electrons. The van der Waals surface area contributed by atoms with Gasteiger partial charge in [0.05, 0.1) is 13.7 Å². The van der Waals surface area contributed by atoms with Gasteiger partial charge in [-0.25, -0.2) is 8.42 Å². The summed E-state index contributed by atoms with van der Waals surface area (Å²) in [6.45, 7) is 0.686. The van der Waals surface area contributed by atoms with Crippen LogP contribution in [0.15, 0.2) is 17.0 Å². The van der Waals surface area contributed by atoms with Crippen molar-refractivity contribution in [1.82, 2.24) is 4.31 Å². The molecule has 0 saturated carbocycles. The molecular formula is C14H20ClNO4S. The maximum atomic E-state index is 12.8. The van der Waals surface area contributed by atoms with Crippen LogP contribution in [0.3, 0.4) is 0 Å². The smallest absolute Gasteiger partial charge is 0.246 e. The lowest BCUT2D eigenvalue weighted by Crippen LogP contribution is -2.32. The topological polar surface area (TPSA) is 66.8 Å². The van der Waals surface area contributed by atoms with Crippen molar-refractivity contribution in [2.24, 2.45) is 0 Å². The van der Waals surface area contributed by atoms with Crippen LogP contribution in [-0.4, -0.2) is 38.0 Å². The summed E-state index contributed by atoms with van der Waals surface area (Å²) in [6.07, 6.45) is 3.80. The summed E-state index contributed by atoms with van der Waals surface area (Å²) in [6, 6.07) is 2.90. The van der Waals surface area contributed by atoms with Crippen LogP contribution in [0.1, 0.15) is 31.2 Å². The fourth-order valence-electron chi connectivity index (χ4n) is 2.58. The second-order valence-corrected chi connectivity index (χ2v) is 7.42. The zero-order valence-electron chi connectivity index (χ0n) is 12.0. The van der Waals surface area contributed by atoms with Crippen LogP contribution >= 0.6 is 11.6 Å². The predicted molar refractivity (Wildman–Crippen MR) is 81.2 cm³/mol. The van der Waals surface area contributed by atoms with Gasteiger partial charge in [0.2, 0.25) is 10.0 Å². The van der Waals surface area contributed by atoms with Crippen LogP contribution in [-0.2, 0) is 16.6 Å². The summed E-state index contributed by atoms with van der Waals surface area (Å²) in [4.78, 5) is 0.0310. The number of halogens is 1. The minimum Gasteiger partial charge on any atom is -0.495 e. The van der Waals surface area contributed by atoms with Gasteiger partial charge >= 0.3 is 0 Å². The Balaban J connectivity index is 2.50. The van der Waals surface area contributed by atoms with Crippen molar-refractivity contribution in [2.75, 3.05) is 20.2 Å². The number of benzene rings is 1. The Morgan fingerprint density at radius 3 is 2.38 bits per heavy atom. The van der Waals surface area contributed by atoms with Gasteiger partial charge in [0, 0.05) is 23.7 Å². The maximum Gasteiger partial charge on any atom is 0.246 e. The molecule has 1 N–H and O–H groups in total. The SMILES string of the molecule is COc1c(CO)cc(Cl)cc1S(=O)(=O)N1CCCCCC1. The quantitative estimate of drug-likeness (QED) is 0.918. The van der Waals surface area contributed by atoms with Gasteiger partial charge in [-0.3, -0.25) is 0 Å². The molecule has 1 aliphatic rings. The van der Waals surface area contributed by atoms with Gasteiger partial charge in [-0.15, -0.1) is 0 Å². The van der Waals surface area contributed by atoms with E-state index in [9.17, 15) is 13.5 Å². The average molecular weight is 334 g/mol. The fraction of sp³-hybridized carbons (Fsp3) is 0.571. The van der Waals surface area contributed by atoms with Crippen molar-refractivity contribution >= 4 is 21.6 Å². The van der Waals surface area contributed by atoms with Crippen molar-refractivity contribution in [3.05, 3.63) is 22.7 Å². The zero-order chi connectivity index (χ0) is 15.5. The molecule has 1 aromatic carbocycles. The lowest BCUT2D eigenvalue weighted by molar-refractivity contribution is 0.272. The molecule has 0 unspecified atom stereocenters. The largest absolute Gasteiger partial charge is 0.495 e. The Hall–Kier alpha value is -0.820. The molecular weight excluding hydrogens is 314 g/mol. The van der Waals surface area contributed by atoms with Crippen LogP contribution in [0.4, 0.5) is 0 Å². The summed E-state index contributed by atoms with van der Waals surface area (Å²) in [5.41, 5.74) is 0.374. The maximum absolute atomic E-state index is 12.8. The van der Waals surface area contributed by atoms with Gasteiger partial charge in [0.25, 0.3) is 0 Å². The number of aliphatic hydroxyl groups excluding tert-OH is 1. The second-order valence-electron chi connectivity index (χ2n) is 5.07. The van der Waals surface area contributed by atoms with Crippen LogP contribution in [0.5, 0.6) is 5.75 Å². The highest BCUT2D eigenvalue weighted by Gasteiger charge is 2.29. The Morgan fingerprint density at radius 1 is 1.24 bits per heavy atom. The molecule has 7 heteroatoms. The van der Waals surface area contributed by atoms with E-state index >= 15 is 0 Å². The Bertz CT molecular complexity index is 595. The van der Waals surface area contributed by atoms with E-state index in [1.165, 1.54) is 23.5 Å². The molecule has 21 heavy (non-hydrogen) atoms. The van der Waals surface area contributed by atoms with Gasteiger partial charge in [-0.1, -0.05) is 24.4 Å². The van der Waals surface area contributed by atoms with Gasteiger partial charge in [-0.2, -0.15) is 4.31 Å². The first kappa shape index (κ1) is 16.5. The number of hydrogen-bond acceptors (Lipinski definition) is 4. The van der Waals surface area contributed by atoms with E-state index < -0.39 is 10.0 Å². The standard InChI is InChI=1S/C14H20ClNO4S/c1-20-14-11(10-17)8-12(15)9-13(14)21(18,19)16-6-4-2-3-5-7-16/h8-9,17H,2-7,10H2,1H3. The van der Waals surface area contributed by atoms with E-state index in [0.717, 1.165) is 25.7 Å². The molecule has 118 valence electrons. The minimum atomic E-state index is -3.67. The number of ether oxygens (including phenoxy) is 1. The van der Waals surface area contributed by atoms with Crippen LogP contribution in [0.2, 0.25) is 5.02 Å². The van der Waals surface area contributed by atoms with Crippen molar-refractivity contribution in [3.63, 3.8) is 0 Å². The third-order valence-electron chi connectivity index (χ3n) is 3.65. The highest BCUT2D eigenvalue weighted by molar-refractivity contribution is 7.89. The molecule has 1 aromatic rings. The molecule has 0 amide bonds. The minimum absolute atomic E-state index is 0.0310. The third-order valence-corrected chi connectivity index (χ3v) is 5.78. The number of hydrogen-bond donors (Lipinski definition) is 1. The first-order valence-corrected chi connectivity index (χ1v) is 8.80. The van der Waals surface area contributed by atoms with E-state index in [1.54, 1.807) is 0 Å². The van der Waals surface area contributed by atoms with Gasteiger partial charge in [0.15, 0.2) is 0 Å². The van der Waals surface area contributed by atoms with E-state index in [-0.39, 0.29) is 22.3 Å². The second kappa shape index (κ2) is 6.96. The van der Waals surface area contributed by atoms with Crippen LogP contribution in [0, 0.1) is 0 Å². The Morgan fingerprint density at radius 2 is 1.86 bits per heavy atom. The first-order chi connectivity index (χ1) is 10.0. The van der Waals surface area contributed by atoms with Crippen molar-refractivity contribution in [1.29, 1.82) is 0 Å². The fourth-order valence-corrected chi connectivity index (χ4v) is 4.63. The molecule has 0 aromatic heterocycles. The van der Waals surface area contributed by atoms with Crippen LogP contribution in [0.25, 0.3) is 0 Å². The third kappa shape index (κ3) is 3.51. The number of sulfonamides is 1. The molecule has 2 rings (SSSR count). The summed E-state index contributed by atoms with van der Waals surface area (Å²) in [7, 11) is -2.28. The monoisotopic (exact) mass is 333 g/mol. The molecule has 0 spiro atoms. The molecule has 1 saturated heterocycles. The number of nitrogens with zero attached hydrogens (tertiary/aromatic N) is 1. The lowest BCUT2D eigenvalue weighted by Gasteiger charge is -2.22. The summed E-state index contributed by atoms with van der Waals surface area (Å²) < 4.78 is 32.4.